The topological polar surface area (TPSA) is 84.5 Å². The summed E-state index contributed by atoms with van der Waals surface area (Å²) in [5, 5.41) is 15.6. The first-order chi connectivity index (χ1) is 14.5. The van der Waals surface area contributed by atoms with Gasteiger partial charge < -0.3 is 9.80 Å². The van der Waals surface area contributed by atoms with Gasteiger partial charge in [0.1, 0.15) is 16.5 Å². The zero-order chi connectivity index (χ0) is 21.3. The van der Waals surface area contributed by atoms with E-state index in [1.807, 2.05) is 11.0 Å². The van der Waals surface area contributed by atoms with Gasteiger partial charge in [-0.05, 0) is 18.2 Å². The van der Waals surface area contributed by atoms with E-state index in [0.29, 0.717) is 37.6 Å². The average molecular weight is 430 g/mol. The summed E-state index contributed by atoms with van der Waals surface area (Å²) in [6.45, 7) is 1.71. The molecule has 2 heterocycles. The van der Waals surface area contributed by atoms with Crippen molar-refractivity contribution in [2.24, 2.45) is 0 Å². The Kier molecular flexibility index (Phi) is 5.37. The maximum absolute atomic E-state index is 13.7. The molecule has 1 aromatic heterocycles. The van der Waals surface area contributed by atoms with E-state index in [1.54, 1.807) is 29.2 Å². The van der Waals surface area contributed by atoms with Crippen LogP contribution in [0.4, 0.5) is 21.5 Å². The smallest absolute Gasteiger partial charge is 0.292 e. The van der Waals surface area contributed by atoms with Crippen LogP contribution in [0.3, 0.4) is 0 Å². The van der Waals surface area contributed by atoms with Gasteiger partial charge >= 0.3 is 0 Å². The number of aromatic nitrogens is 2. The summed E-state index contributed by atoms with van der Waals surface area (Å²) in [4.78, 5) is 27.1. The maximum Gasteiger partial charge on any atom is 0.292 e. The predicted octanol–water partition coefficient (Wildman–Crippen LogP) is 3.26. The molecule has 0 bridgehead atoms. The highest BCUT2D eigenvalue weighted by atomic mass is 35.5. The SMILES string of the molecule is O=c1c(Cl)c(N2CCN(c3cc(F)ccc3[N+](=O)[O-])CC2)cnn1-c1ccccc1. The van der Waals surface area contributed by atoms with Gasteiger partial charge in [-0.25, -0.2) is 4.39 Å². The number of para-hydroxylation sites is 1. The second-order valence-electron chi connectivity index (χ2n) is 6.76. The number of rotatable bonds is 4. The van der Waals surface area contributed by atoms with Crippen LogP contribution in [0.25, 0.3) is 5.69 Å². The fourth-order valence-corrected chi connectivity index (χ4v) is 3.74. The van der Waals surface area contributed by atoms with Crippen LogP contribution >= 0.6 is 11.6 Å². The van der Waals surface area contributed by atoms with Crippen LogP contribution in [0, 0.1) is 15.9 Å². The first-order valence-electron chi connectivity index (χ1n) is 9.23. The van der Waals surface area contributed by atoms with E-state index in [2.05, 4.69) is 5.10 Å². The molecule has 0 saturated carbocycles. The summed E-state index contributed by atoms with van der Waals surface area (Å²) in [6.07, 6.45) is 1.54. The van der Waals surface area contributed by atoms with E-state index >= 15 is 0 Å². The van der Waals surface area contributed by atoms with Crippen molar-refractivity contribution < 1.29 is 9.31 Å². The number of nitro groups is 1. The molecular formula is C20H17ClFN5O3. The molecule has 0 spiro atoms. The lowest BCUT2D eigenvalue weighted by Gasteiger charge is -2.37. The van der Waals surface area contributed by atoms with E-state index in [0.717, 1.165) is 6.07 Å². The van der Waals surface area contributed by atoms with Gasteiger partial charge in [0.2, 0.25) is 0 Å². The number of benzene rings is 2. The fourth-order valence-electron chi connectivity index (χ4n) is 3.49. The zero-order valence-corrected chi connectivity index (χ0v) is 16.5. The second-order valence-corrected chi connectivity index (χ2v) is 7.14. The van der Waals surface area contributed by atoms with Gasteiger partial charge in [-0.2, -0.15) is 9.78 Å². The predicted molar refractivity (Wildman–Crippen MR) is 112 cm³/mol. The van der Waals surface area contributed by atoms with Crippen molar-refractivity contribution in [2.45, 2.75) is 0 Å². The molecule has 154 valence electrons. The van der Waals surface area contributed by atoms with Crippen LogP contribution in [0.15, 0.2) is 59.5 Å². The quantitative estimate of drug-likeness (QED) is 0.467. The Hall–Kier alpha value is -3.46. The molecule has 0 aliphatic carbocycles. The Morgan fingerprint density at radius 3 is 2.27 bits per heavy atom. The molecule has 0 radical (unpaired) electrons. The Bertz CT molecular complexity index is 1150. The van der Waals surface area contributed by atoms with Gasteiger partial charge in [-0.3, -0.25) is 14.9 Å². The number of nitrogens with zero attached hydrogens (tertiary/aromatic N) is 5. The molecule has 4 rings (SSSR count). The number of halogens is 2. The lowest BCUT2D eigenvalue weighted by atomic mass is 10.2. The van der Waals surface area contributed by atoms with E-state index in [4.69, 9.17) is 11.6 Å². The number of anilines is 2. The van der Waals surface area contributed by atoms with Crippen molar-refractivity contribution in [2.75, 3.05) is 36.0 Å². The van der Waals surface area contributed by atoms with Crippen LogP contribution in [0.2, 0.25) is 5.02 Å². The van der Waals surface area contributed by atoms with Crippen LogP contribution in [0.1, 0.15) is 0 Å². The van der Waals surface area contributed by atoms with Crippen molar-refractivity contribution >= 4 is 28.7 Å². The standard InChI is InChI=1S/C20H17ClFN5O3/c21-19-18(13-23-26(20(19)28)15-4-2-1-3-5-15)25-10-8-24(9-11-25)17-12-14(22)6-7-16(17)27(29)30/h1-7,12-13H,8-11H2. The molecule has 0 N–H and O–H groups in total. The Morgan fingerprint density at radius 1 is 1.00 bits per heavy atom. The molecule has 0 unspecified atom stereocenters. The molecular weight excluding hydrogens is 413 g/mol. The Balaban J connectivity index is 1.56. The van der Waals surface area contributed by atoms with Gasteiger partial charge in [0.25, 0.3) is 11.2 Å². The van der Waals surface area contributed by atoms with Gasteiger partial charge in [0.05, 0.1) is 22.5 Å². The van der Waals surface area contributed by atoms with E-state index < -0.39 is 16.3 Å². The van der Waals surface area contributed by atoms with Gasteiger partial charge in [-0.1, -0.05) is 29.8 Å². The summed E-state index contributed by atoms with van der Waals surface area (Å²) in [5.74, 6) is -0.533. The van der Waals surface area contributed by atoms with Crippen LogP contribution in [0.5, 0.6) is 0 Å². The minimum absolute atomic E-state index is 0.0547. The first-order valence-corrected chi connectivity index (χ1v) is 9.60. The molecule has 0 amide bonds. The highest BCUT2D eigenvalue weighted by Crippen LogP contribution is 2.31. The van der Waals surface area contributed by atoms with E-state index in [-0.39, 0.29) is 16.4 Å². The number of nitro benzene ring substituents is 1. The zero-order valence-electron chi connectivity index (χ0n) is 15.7. The van der Waals surface area contributed by atoms with Gasteiger partial charge in [0, 0.05) is 38.3 Å². The minimum Gasteiger partial charge on any atom is -0.365 e. The molecule has 1 saturated heterocycles. The lowest BCUT2D eigenvalue weighted by molar-refractivity contribution is -0.384. The van der Waals surface area contributed by atoms with Crippen molar-refractivity contribution in [1.82, 2.24) is 9.78 Å². The first kappa shape index (κ1) is 19.8. The van der Waals surface area contributed by atoms with Crippen LogP contribution in [-0.2, 0) is 0 Å². The summed E-state index contributed by atoms with van der Waals surface area (Å²) in [6, 6.07) is 12.4. The lowest BCUT2D eigenvalue weighted by Crippen LogP contribution is -2.47. The molecule has 2 aromatic carbocycles. The number of hydrogen-bond acceptors (Lipinski definition) is 6. The number of piperazine rings is 1. The van der Waals surface area contributed by atoms with E-state index in [9.17, 15) is 19.3 Å². The minimum atomic E-state index is -0.533. The van der Waals surface area contributed by atoms with E-state index in [1.165, 1.54) is 23.0 Å². The third-order valence-corrected chi connectivity index (χ3v) is 5.35. The molecule has 10 heteroatoms. The molecule has 0 atom stereocenters. The Morgan fingerprint density at radius 2 is 1.63 bits per heavy atom. The monoisotopic (exact) mass is 429 g/mol. The van der Waals surface area contributed by atoms with Crippen molar-refractivity contribution in [3.05, 3.63) is 86.0 Å². The largest absolute Gasteiger partial charge is 0.365 e. The summed E-state index contributed by atoms with van der Waals surface area (Å²) >= 11 is 6.36. The molecule has 30 heavy (non-hydrogen) atoms. The van der Waals surface area contributed by atoms with Gasteiger partial charge in [0.15, 0.2) is 0 Å². The maximum atomic E-state index is 13.7. The van der Waals surface area contributed by atoms with Gasteiger partial charge in [-0.15, -0.1) is 0 Å². The Labute approximate surface area is 175 Å². The molecule has 8 nitrogen and oxygen atoms in total. The average Bonchev–Trinajstić information content (AvgIpc) is 2.76. The van der Waals surface area contributed by atoms with Crippen LogP contribution < -0.4 is 15.4 Å². The fraction of sp³-hybridized carbons (Fsp3) is 0.200. The molecule has 1 aliphatic heterocycles. The highest BCUT2D eigenvalue weighted by molar-refractivity contribution is 6.33. The third kappa shape index (κ3) is 3.71. The summed E-state index contributed by atoms with van der Waals surface area (Å²) in [7, 11) is 0. The molecule has 3 aromatic rings. The third-order valence-electron chi connectivity index (χ3n) is 5.00. The molecule has 1 fully saturated rings. The second kappa shape index (κ2) is 8.11. The summed E-state index contributed by atoms with van der Waals surface area (Å²) < 4.78 is 14.9. The van der Waals surface area contributed by atoms with Crippen LogP contribution in [-0.4, -0.2) is 40.9 Å². The van der Waals surface area contributed by atoms with Crippen molar-refractivity contribution in [3.63, 3.8) is 0 Å². The number of hydrogen-bond donors (Lipinski definition) is 0. The normalized spacial score (nSPS) is 14.1. The van der Waals surface area contributed by atoms with Crippen molar-refractivity contribution in [3.8, 4) is 5.69 Å². The highest BCUT2D eigenvalue weighted by Gasteiger charge is 2.26. The summed E-state index contributed by atoms with van der Waals surface area (Å²) in [5.41, 5.74) is 0.781. The molecule has 1 aliphatic rings. The van der Waals surface area contributed by atoms with Crippen molar-refractivity contribution in [1.29, 1.82) is 0 Å².